The summed E-state index contributed by atoms with van der Waals surface area (Å²) in [5.74, 6) is 0. The number of rotatable bonds is 5. The first-order valence-corrected chi connectivity index (χ1v) is 13.0. The minimum Gasteiger partial charge on any atom is -0.389 e. The van der Waals surface area contributed by atoms with Gasteiger partial charge in [-0.3, -0.25) is 0 Å². The molecule has 2 unspecified atom stereocenters. The Morgan fingerprint density at radius 2 is 1.77 bits per heavy atom. The van der Waals surface area contributed by atoms with E-state index in [1.54, 1.807) is 18.3 Å². The third-order valence-corrected chi connectivity index (χ3v) is 7.62. The summed E-state index contributed by atoms with van der Waals surface area (Å²) in [6.07, 6.45) is 0.819. The summed E-state index contributed by atoms with van der Waals surface area (Å²) < 4.78 is 20.2. The second-order valence-electron chi connectivity index (χ2n) is 7.59. The highest BCUT2D eigenvalue weighted by Crippen LogP contribution is 2.23. The van der Waals surface area contributed by atoms with Crippen LogP contribution in [-0.2, 0) is 15.7 Å². The number of nitrogens with one attached hydrogen (secondary N) is 1. The molecule has 2 fully saturated rings. The van der Waals surface area contributed by atoms with Crippen LogP contribution in [-0.4, -0.2) is 66.1 Å². The molecule has 0 amide bonds. The van der Waals surface area contributed by atoms with Gasteiger partial charge in [0.15, 0.2) is 0 Å². The zero-order valence-electron chi connectivity index (χ0n) is 19.1. The number of piperazine rings is 1. The van der Waals surface area contributed by atoms with Crippen LogP contribution >= 0.6 is 11.3 Å². The fourth-order valence-electron chi connectivity index (χ4n) is 2.97. The van der Waals surface area contributed by atoms with Crippen LogP contribution in [0.3, 0.4) is 0 Å². The van der Waals surface area contributed by atoms with Crippen LogP contribution in [0.2, 0.25) is 0 Å². The molecular weight excluding hydrogens is 430 g/mol. The van der Waals surface area contributed by atoms with E-state index in [-0.39, 0.29) is 0 Å². The molecule has 2 saturated heterocycles. The van der Waals surface area contributed by atoms with E-state index >= 15 is 0 Å². The zero-order chi connectivity index (χ0) is 22.6. The molecule has 2 N–H and O–H groups in total. The van der Waals surface area contributed by atoms with Gasteiger partial charge in [-0.05, 0) is 43.1 Å². The second-order valence-corrected chi connectivity index (χ2v) is 10.3. The van der Waals surface area contributed by atoms with Crippen molar-refractivity contribution < 1.29 is 14.1 Å². The normalized spacial score (nSPS) is 18.7. The maximum atomic E-state index is 12.4. The minimum atomic E-state index is -1.03. The monoisotopic (exact) mass is 467 g/mol. The number of ether oxygens (including phenoxy) is 1. The van der Waals surface area contributed by atoms with E-state index in [1.165, 1.54) is 6.42 Å². The quantitative estimate of drug-likeness (QED) is 0.703. The molecule has 0 radical (unpaired) electrons. The number of benzene rings is 1. The number of hydrogen-bond acceptors (Lipinski definition) is 6. The Balaban J connectivity index is 0.000000318. The molecule has 2 aromatic rings. The van der Waals surface area contributed by atoms with Crippen molar-refractivity contribution >= 4 is 28.0 Å². The number of likely N-dealkylation sites (N-methyl/N-ethyl adjacent to an activating group) is 1. The Bertz CT molecular complexity index is 739. The maximum absolute atomic E-state index is 12.4. The van der Waals surface area contributed by atoms with Gasteiger partial charge in [0.25, 0.3) is 0 Å². The predicted molar refractivity (Wildman–Crippen MR) is 131 cm³/mol. The molecular formula is C23H37N3O3S2. The molecule has 1 aromatic carbocycles. The van der Waals surface area contributed by atoms with Gasteiger partial charge >= 0.3 is 0 Å². The van der Waals surface area contributed by atoms with Crippen molar-refractivity contribution in [1.29, 1.82) is 0 Å². The SMILES string of the molecule is CC(O)c1ccc(N2CCN(S(=O)c3cccs3)CC2)cc1.CCC.CNC1COC1. The summed E-state index contributed by atoms with van der Waals surface area (Å²) in [5, 5.41) is 14.6. The van der Waals surface area contributed by atoms with Gasteiger partial charge < -0.3 is 20.1 Å². The third-order valence-electron chi connectivity index (χ3n) is 4.93. The molecule has 174 valence electrons. The van der Waals surface area contributed by atoms with Crippen molar-refractivity contribution in [3.63, 3.8) is 0 Å². The number of hydrogen-bond donors (Lipinski definition) is 2. The van der Waals surface area contributed by atoms with Crippen LogP contribution in [0.4, 0.5) is 5.69 Å². The van der Waals surface area contributed by atoms with Crippen LogP contribution in [0.25, 0.3) is 0 Å². The number of aliphatic hydroxyl groups excluding tert-OH is 1. The fraction of sp³-hybridized carbons (Fsp3) is 0.565. The zero-order valence-corrected chi connectivity index (χ0v) is 20.8. The highest BCUT2D eigenvalue weighted by molar-refractivity contribution is 7.85. The summed E-state index contributed by atoms with van der Waals surface area (Å²) >= 11 is 1.55. The largest absolute Gasteiger partial charge is 0.389 e. The van der Waals surface area contributed by atoms with E-state index in [1.807, 2.05) is 53.1 Å². The molecule has 0 bridgehead atoms. The molecule has 8 heteroatoms. The van der Waals surface area contributed by atoms with Crippen LogP contribution < -0.4 is 10.2 Å². The first-order chi connectivity index (χ1) is 15.0. The molecule has 0 saturated carbocycles. The summed E-state index contributed by atoms with van der Waals surface area (Å²) in [6, 6.07) is 12.6. The second kappa shape index (κ2) is 14.0. The predicted octanol–water partition coefficient (Wildman–Crippen LogP) is 3.67. The van der Waals surface area contributed by atoms with Crippen molar-refractivity contribution in [2.45, 2.75) is 43.5 Å². The van der Waals surface area contributed by atoms with Crippen LogP contribution in [0.15, 0.2) is 46.0 Å². The van der Waals surface area contributed by atoms with Crippen molar-refractivity contribution in [3.8, 4) is 0 Å². The Morgan fingerprint density at radius 1 is 1.16 bits per heavy atom. The smallest absolute Gasteiger partial charge is 0.138 e. The van der Waals surface area contributed by atoms with Crippen molar-refractivity contribution in [3.05, 3.63) is 47.3 Å². The molecule has 1 aromatic heterocycles. The van der Waals surface area contributed by atoms with E-state index in [0.717, 1.165) is 54.9 Å². The summed E-state index contributed by atoms with van der Waals surface area (Å²) in [4.78, 5) is 2.30. The Kier molecular flexibility index (Phi) is 11.7. The van der Waals surface area contributed by atoms with Crippen molar-refractivity contribution in [1.82, 2.24) is 9.62 Å². The maximum Gasteiger partial charge on any atom is 0.138 e. The van der Waals surface area contributed by atoms with Gasteiger partial charge in [-0.1, -0.05) is 38.5 Å². The Labute approximate surface area is 193 Å². The molecule has 0 spiro atoms. The lowest BCUT2D eigenvalue weighted by atomic mass is 10.1. The molecule has 6 nitrogen and oxygen atoms in total. The number of nitrogens with zero attached hydrogens (tertiary/aromatic N) is 2. The highest BCUT2D eigenvalue weighted by atomic mass is 32.2. The minimum absolute atomic E-state index is 0.431. The van der Waals surface area contributed by atoms with Gasteiger partial charge in [-0.25, -0.2) is 8.51 Å². The average Bonchev–Trinajstić information content (AvgIpc) is 3.29. The van der Waals surface area contributed by atoms with E-state index in [2.05, 4.69) is 24.1 Å². The van der Waals surface area contributed by atoms with Crippen LogP contribution in [0.1, 0.15) is 38.9 Å². The number of aliphatic hydroxyl groups is 1. The first kappa shape index (κ1) is 26.0. The lowest BCUT2D eigenvalue weighted by Crippen LogP contribution is -2.46. The summed E-state index contributed by atoms with van der Waals surface area (Å²) in [6.45, 7) is 11.1. The lowest BCUT2D eigenvalue weighted by molar-refractivity contribution is -0.00169. The molecule has 0 aliphatic carbocycles. The van der Waals surface area contributed by atoms with Crippen LogP contribution in [0.5, 0.6) is 0 Å². The van der Waals surface area contributed by atoms with Gasteiger partial charge in [0.2, 0.25) is 0 Å². The third kappa shape index (κ3) is 8.29. The standard InChI is InChI=1S/C16H20N2O2S2.C4H9NO.C3H8/c1-13(19)14-4-6-15(7-5-14)17-8-10-18(11-9-17)22(20)16-3-2-12-21-16;1-5-4-2-6-3-4;1-3-2/h2-7,12-13,19H,8-11H2,1H3;4-5H,2-3H2,1H3;3H2,1-2H3. The van der Waals surface area contributed by atoms with Gasteiger partial charge in [-0.2, -0.15) is 0 Å². The Hall–Kier alpha value is -1.29. The van der Waals surface area contributed by atoms with Crippen LogP contribution in [0, 0.1) is 0 Å². The van der Waals surface area contributed by atoms with Crippen molar-refractivity contribution in [2.24, 2.45) is 0 Å². The molecule has 3 heterocycles. The first-order valence-electron chi connectivity index (χ1n) is 11.0. The summed E-state index contributed by atoms with van der Waals surface area (Å²) in [5.41, 5.74) is 2.09. The lowest BCUT2D eigenvalue weighted by Gasteiger charge is -2.35. The molecule has 4 rings (SSSR count). The molecule has 2 atom stereocenters. The number of anilines is 1. The van der Waals surface area contributed by atoms with E-state index in [0.29, 0.717) is 6.04 Å². The highest BCUT2D eigenvalue weighted by Gasteiger charge is 2.22. The Morgan fingerprint density at radius 3 is 2.16 bits per heavy atom. The van der Waals surface area contributed by atoms with Gasteiger partial charge in [0, 0.05) is 31.9 Å². The molecule has 2 aliphatic rings. The van der Waals surface area contributed by atoms with Gasteiger partial charge in [-0.15, -0.1) is 11.3 Å². The number of thiophene rings is 1. The van der Waals surface area contributed by atoms with Crippen molar-refractivity contribution in [2.75, 3.05) is 51.3 Å². The molecule has 2 aliphatic heterocycles. The van der Waals surface area contributed by atoms with E-state index in [4.69, 9.17) is 4.74 Å². The average molecular weight is 468 g/mol. The van der Waals surface area contributed by atoms with E-state index < -0.39 is 17.1 Å². The van der Waals surface area contributed by atoms with Gasteiger partial charge in [0.1, 0.15) is 15.2 Å². The topological polar surface area (TPSA) is 65.0 Å². The van der Waals surface area contributed by atoms with E-state index in [9.17, 15) is 9.32 Å². The van der Waals surface area contributed by atoms with Gasteiger partial charge in [0.05, 0.1) is 25.4 Å². The fourth-order valence-corrected chi connectivity index (χ4v) is 5.17. The molecule has 31 heavy (non-hydrogen) atoms. The summed E-state index contributed by atoms with van der Waals surface area (Å²) in [7, 11) is 0.924.